The zero-order valence-corrected chi connectivity index (χ0v) is 18.8. The third-order valence-electron chi connectivity index (χ3n) is 9.98. The second-order valence-corrected chi connectivity index (χ2v) is 11.2. The maximum atomic E-state index is 11.4. The molecule has 164 valence electrons. The van der Waals surface area contributed by atoms with Crippen molar-refractivity contribution >= 4 is 6.08 Å². The van der Waals surface area contributed by atoms with Crippen molar-refractivity contribution in [3.05, 3.63) is 35.4 Å². The third-order valence-corrected chi connectivity index (χ3v) is 9.98. The zero-order valence-electron chi connectivity index (χ0n) is 18.8. The summed E-state index contributed by atoms with van der Waals surface area (Å²) >= 11 is 0. The van der Waals surface area contributed by atoms with Crippen molar-refractivity contribution in [2.24, 2.45) is 34.5 Å². The van der Waals surface area contributed by atoms with Crippen molar-refractivity contribution < 1.29 is 14.9 Å². The zero-order chi connectivity index (χ0) is 21.1. The fourth-order valence-corrected chi connectivity index (χ4v) is 8.15. The summed E-state index contributed by atoms with van der Waals surface area (Å²) in [7, 11) is 1.69. The molecule has 30 heavy (non-hydrogen) atoms. The number of aliphatic hydroxyl groups excluding tert-OH is 2. The summed E-state index contributed by atoms with van der Waals surface area (Å²) in [5, 5.41) is 21.6. The van der Waals surface area contributed by atoms with Crippen LogP contribution in [0.2, 0.25) is 0 Å². The summed E-state index contributed by atoms with van der Waals surface area (Å²) in [5.41, 5.74) is 2.77. The molecule has 4 fully saturated rings. The summed E-state index contributed by atoms with van der Waals surface area (Å²) in [4.78, 5) is 0. The van der Waals surface area contributed by atoms with Gasteiger partial charge in [-0.05, 0) is 104 Å². The number of hydrogen-bond donors (Lipinski definition) is 2. The van der Waals surface area contributed by atoms with E-state index in [1.807, 2.05) is 12.1 Å². The maximum absolute atomic E-state index is 11.4. The van der Waals surface area contributed by atoms with Gasteiger partial charge in [0.1, 0.15) is 5.75 Å². The SMILES string of the molecule is COc1ccc(/C=C2/C[C@@H]3[C@H]4CC[C@H]5C[C@@H](O)CC[C@]5(C)[C@@H]4CC[C@@]3(C)[C@H]2O)cc1. The molecule has 0 saturated heterocycles. The van der Waals surface area contributed by atoms with E-state index in [0.29, 0.717) is 17.3 Å². The Morgan fingerprint density at radius 3 is 2.40 bits per heavy atom. The lowest BCUT2D eigenvalue weighted by molar-refractivity contribution is -0.133. The maximum Gasteiger partial charge on any atom is 0.118 e. The van der Waals surface area contributed by atoms with Crippen LogP contribution in [0.4, 0.5) is 0 Å². The molecule has 0 bridgehead atoms. The predicted molar refractivity (Wildman–Crippen MR) is 120 cm³/mol. The van der Waals surface area contributed by atoms with Crippen LogP contribution in [-0.2, 0) is 0 Å². The van der Waals surface area contributed by atoms with Crippen LogP contribution in [0.25, 0.3) is 6.08 Å². The molecule has 4 aliphatic rings. The molecule has 3 nitrogen and oxygen atoms in total. The van der Waals surface area contributed by atoms with E-state index in [1.165, 1.54) is 31.3 Å². The Bertz CT molecular complexity index is 814. The predicted octanol–water partition coefficient (Wildman–Crippen LogP) is 5.45. The first-order valence-electron chi connectivity index (χ1n) is 12.1. The minimum absolute atomic E-state index is 0.0108. The van der Waals surface area contributed by atoms with E-state index in [4.69, 9.17) is 4.74 Å². The van der Waals surface area contributed by atoms with Gasteiger partial charge < -0.3 is 14.9 Å². The largest absolute Gasteiger partial charge is 0.497 e. The summed E-state index contributed by atoms with van der Waals surface area (Å²) in [5.74, 6) is 3.62. The van der Waals surface area contributed by atoms with Gasteiger partial charge in [0.2, 0.25) is 0 Å². The number of hydrogen-bond acceptors (Lipinski definition) is 3. The van der Waals surface area contributed by atoms with Crippen molar-refractivity contribution in [3.8, 4) is 5.75 Å². The van der Waals surface area contributed by atoms with E-state index in [-0.39, 0.29) is 17.6 Å². The topological polar surface area (TPSA) is 49.7 Å². The van der Waals surface area contributed by atoms with Crippen LogP contribution >= 0.6 is 0 Å². The highest BCUT2D eigenvalue weighted by Crippen LogP contribution is 2.67. The van der Waals surface area contributed by atoms with E-state index in [1.54, 1.807) is 7.11 Å². The van der Waals surface area contributed by atoms with Crippen LogP contribution in [-0.4, -0.2) is 29.5 Å². The molecule has 1 aromatic rings. The molecule has 8 atom stereocenters. The van der Waals surface area contributed by atoms with Gasteiger partial charge in [0.15, 0.2) is 0 Å². The Kier molecular flexibility index (Phi) is 5.06. The van der Waals surface area contributed by atoms with Crippen molar-refractivity contribution in [1.82, 2.24) is 0 Å². The molecular weight excluding hydrogens is 372 g/mol. The van der Waals surface area contributed by atoms with E-state index < -0.39 is 0 Å². The fraction of sp³-hybridized carbons (Fsp3) is 0.704. The Balaban J connectivity index is 1.41. The van der Waals surface area contributed by atoms with Gasteiger partial charge in [0.05, 0.1) is 19.3 Å². The number of ether oxygens (including phenoxy) is 1. The Morgan fingerprint density at radius 1 is 0.933 bits per heavy atom. The van der Waals surface area contributed by atoms with Gasteiger partial charge >= 0.3 is 0 Å². The van der Waals surface area contributed by atoms with Crippen LogP contribution in [0.15, 0.2) is 29.8 Å². The molecule has 0 spiro atoms. The van der Waals surface area contributed by atoms with Gasteiger partial charge in [0.25, 0.3) is 0 Å². The highest BCUT2D eigenvalue weighted by molar-refractivity contribution is 5.56. The minimum Gasteiger partial charge on any atom is -0.497 e. The van der Waals surface area contributed by atoms with Gasteiger partial charge in [-0.1, -0.05) is 32.1 Å². The third kappa shape index (κ3) is 3.07. The Hall–Kier alpha value is -1.32. The lowest BCUT2D eigenvalue weighted by Gasteiger charge is -2.60. The molecule has 3 heteroatoms. The van der Waals surface area contributed by atoms with Crippen LogP contribution in [0.5, 0.6) is 5.75 Å². The minimum atomic E-state index is -0.329. The molecular formula is C27H38O3. The average molecular weight is 411 g/mol. The van der Waals surface area contributed by atoms with Crippen molar-refractivity contribution in [3.63, 3.8) is 0 Å². The number of rotatable bonds is 2. The summed E-state index contributed by atoms with van der Waals surface area (Å²) in [6.07, 6.45) is 10.9. The highest BCUT2D eigenvalue weighted by Gasteiger charge is 2.61. The summed E-state index contributed by atoms with van der Waals surface area (Å²) < 4.78 is 5.29. The van der Waals surface area contributed by atoms with E-state index in [9.17, 15) is 10.2 Å². The van der Waals surface area contributed by atoms with Crippen molar-refractivity contribution in [1.29, 1.82) is 0 Å². The van der Waals surface area contributed by atoms with Crippen LogP contribution in [0.1, 0.15) is 70.8 Å². The molecule has 0 amide bonds. The van der Waals surface area contributed by atoms with E-state index >= 15 is 0 Å². The standard InChI is InChI=1S/C27H38O3/c1-26-12-10-20(28)16-19(26)6-9-22-23(26)11-13-27(2)24(22)15-18(25(27)29)14-17-4-7-21(30-3)8-5-17/h4-5,7-8,14,19-20,22-25,28-29H,6,9-13,15-16H2,1-3H3/b18-14-/t19-,20-,22-,23+,24+,25-,26-,27+/m0/s1. The molecule has 0 aromatic heterocycles. The number of fused-ring (bicyclic) bond motifs is 5. The number of aliphatic hydroxyl groups is 2. The summed E-state index contributed by atoms with van der Waals surface area (Å²) in [6, 6.07) is 8.17. The lowest BCUT2D eigenvalue weighted by Crippen LogP contribution is -2.54. The van der Waals surface area contributed by atoms with Gasteiger partial charge in [-0.25, -0.2) is 0 Å². The van der Waals surface area contributed by atoms with Gasteiger partial charge in [-0.2, -0.15) is 0 Å². The van der Waals surface area contributed by atoms with Crippen LogP contribution in [0, 0.1) is 34.5 Å². The Morgan fingerprint density at radius 2 is 1.67 bits per heavy atom. The van der Waals surface area contributed by atoms with Crippen LogP contribution in [0.3, 0.4) is 0 Å². The molecule has 2 N–H and O–H groups in total. The lowest BCUT2D eigenvalue weighted by atomic mass is 9.45. The average Bonchev–Trinajstić information content (AvgIpc) is 3.00. The summed E-state index contributed by atoms with van der Waals surface area (Å²) in [6.45, 7) is 4.88. The fourth-order valence-electron chi connectivity index (χ4n) is 8.15. The molecule has 0 radical (unpaired) electrons. The second kappa shape index (κ2) is 7.38. The van der Waals surface area contributed by atoms with Crippen molar-refractivity contribution in [2.45, 2.75) is 77.4 Å². The highest BCUT2D eigenvalue weighted by atomic mass is 16.5. The van der Waals surface area contributed by atoms with Gasteiger partial charge in [-0.3, -0.25) is 0 Å². The van der Waals surface area contributed by atoms with E-state index in [2.05, 4.69) is 32.1 Å². The quantitative estimate of drug-likeness (QED) is 0.681. The first kappa shape index (κ1) is 20.6. The monoisotopic (exact) mass is 410 g/mol. The molecule has 0 unspecified atom stereocenters. The molecule has 1 aromatic carbocycles. The van der Waals surface area contributed by atoms with Gasteiger partial charge in [0, 0.05) is 5.41 Å². The molecule has 4 saturated carbocycles. The van der Waals surface area contributed by atoms with Crippen LogP contribution < -0.4 is 4.74 Å². The Labute approximate surface area is 181 Å². The molecule has 4 aliphatic carbocycles. The molecule has 0 heterocycles. The molecule has 5 rings (SSSR count). The van der Waals surface area contributed by atoms with Crippen molar-refractivity contribution in [2.75, 3.05) is 7.11 Å². The first-order chi connectivity index (χ1) is 14.3. The van der Waals surface area contributed by atoms with E-state index in [0.717, 1.165) is 48.8 Å². The number of methoxy groups -OCH3 is 1. The molecule has 0 aliphatic heterocycles. The first-order valence-corrected chi connectivity index (χ1v) is 12.1. The van der Waals surface area contributed by atoms with Gasteiger partial charge in [-0.15, -0.1) is 0 Å². The second-order valence-electron chi connectivity index (χ2n) is 11.2. The number of benzene rings is 1. The normalized spacial score (nSPS) is 46.8. The smallest absolute Gasteiger partial charge is 0.118 e.